The number of carbonyl (C=O) groups excluding carboxylic acids is 2. The summed E-state index contributed by atoms with van der Waals surface area (Å²) in [7, 11) is 1.36. The van der Waals surface area contributed by atoms with Crippen LogP contribution in [0.1, 0.15) is 18.9 Å². The number of methoxy groups -OCH3 is 1. The molecule has 0 fully saturated rings. The molecule has 21 heavy (non-hydrogen) atoms. The first-order chi connectivity index (χ1) is 10.1. The number of esters is 1. The predicted molar refractivity (Wildman–Crippen MR) is 82.0 cm³/mol. The molecule has 0 aromatic heterocycles. The summed E-state index contributed by atoms with van der Waals surface area (Å²) < 4.78 is 4.59. The fraction of sp³-hybridized carbons (Fsp3) is 0.467. The van der Waals surface area contributed by atoms with Crippen LogP contribution in [-0.2, 0) is 20.9 Å². The van der Waals surface area contributed by atoms with Gasteiger partial charge in [-0.15, -0.1) is 0 Å². The van der Waals surface area contributed by atoms with Crippen molar-refractivity contribution in [2.45, 2.75) is 19.9 Å². The Hall–Kier alpha value is -1.59. The Balaban J connectivity index is 2.37. The van der Waals surface area contributed by atoms with Gasteiger partial charge in [0.2, 0.25) is 5.91 Å². The number of nitrogens with one attached hydrogen (secondary N) is 1. The molecule has 0 atom stereocenters. The lowest BCUT2D eigenvalue weighted by Crippen LogP contribution is -2.38. The molecule has 5 nitrogen and oxygen atoms in total. The van der Waals surface area contributed by atoms with E-state index in [0.29, 0.717) is 24.7 Å². The second-order valence-corrected chi connectivity index (χ2v) is 4.97. The highest BCUT2D eigenvalue weighted by atomic mass is 35.5. The number of carbonyl (C=O) groups is 2. The summed E-state index contributed by atoms with van der Waals surface area (Å²) in [4.78, 5) is 24.9. The van der Waals surface area contributed by atoms with E-state index in [4.69, 9.17) is 11.6 Å². The lowest BCUT2D eigenvalue weighted by Gasteiger charge is -2.19. The first-order valence-corrected chi connectivity index (χ1v) is 7.23. The van der Waals surface area contributed by atoms with Gasteiger partial charge in [-0.3, -0.25) is 14.5 Å². The Morgan fingerprint density at radius 2 is 2.05 bits per heavy atom. The van der Waals surface area contributed by atoms with Gasteiger partial charge in [0.15, 0.2) is 0 Å². The third-order valence-electron chi connectivity index (χ3n) is 3.11. The van der Waals surface area contributed by atoms with Crippen LogP contribution in [0, 0.1) is 0 Å². The van der Waals surface area contributed by atoms with Gasteiger partial charge in [-0.25, -0.2) is 0 Å². The molecule has 0 aliphatic carbocycles. The largest absolute Gasteiger partial charge is 0.469 e. The van der Waals surface area contributed by atoms with E-state index in [1.165, 1.54) is 7.11 Å². The van der Waals surface area contributed by atoms with E-state index < -0.39 is 0 Å². The highest BCUT2D eigenvalue weighted by molar-refractivity contribution is 6.31. The van der Waals surface area contributed by atoms with E-state index in [9.17, 15) is 9.59 Å². The Bertz CT molecular complexity index is 480. The number of ether oxygens (including phenoxy) is 1. The number of nitrogens with zero attached hydrogens (tertiary/aromatic N) is 1. The zero-order chi connectivity index (χ0) is 15.7. The molecule has 0 heterocycles. The zero-order valence-electron chi connectivity index (χ0n) is 12.4. The van der Waals surface area contributed by atoms with Crippen LogP contribution in [0.4, 0.5) is 0 Å². The fourth-order valence-corrected chi connectivity index (χ4v) is 2.00. The summed E-state index contributed by atoms with van der Waals surface area (Å²) in [6, 6.07) is 7.39. The van der Waals surface area contributed by atoms with Gasteiger partial charge >= 0.3 is 5.97 Å². The molecular formula is C15H21ClN2O3. The van der Waals surface area contributed by atoms with E-state index in [1.54, 1.807) is 6.07 Å². The minimum absolute atomic E-state index is 0.0957. The number of amides is 1. The molecule has 116 valence electrons. The third kappa shape index (κ3) is 6.60. The molecule has 0 spiro atoms. The average molecular weight is 313 g/mol. The van der Waals surface area contributed by atoms with Gasteiger partial charge < -0.3 is 10.1 Å². The van der Waals surface area contributed by atoms with Crippen molar-refractivity contribution in [1.82, 2.24) is 10.2 Å². The SMILES string of the molecule is CCN(CCC(=O)OC)CC(=O)NCc1ccccc1Cl. The minimum Gasteiger partial charge on any atom is -0.469 e. The number of halogens is 1. The van der Waals surface area contributed by atoms with Crippen LogP contribution in [0.25, 0.3) is 0 Å². The quantitative estimate of drug-likeness (QED) is 0.744. The van der Waals surface area contributed by atoms with Crippen LogP contribution < -0.4 is 5.32 Å². The van der Waals surface area contributed by atoms with Crippen LogP contribution in [0.5, 0.6) is 0 Å². The highest BCUT2D eigenvalue weighted by Gasteiger charge is 2.11. The van der Waals surface area contributed by atoms with Gasteiger partial charge in [0.1, 0.15) is 0 Å². The minimum atomic E-state index is -0.273. The van der Waals surface area contributed by atoms with Gasteiger partial charge in [0.25, 0.3) is 0 Å². The first-order valence-electron chi connectivity index (χ1n) is 6.86. The van der Waals surface area contributed by atoms with Gasteiger partial charge in [-0.05, 0) is 18.2 Å². The molecule has 1 aromatic carbocycles. The highest BCUT2D eigenvalue weighted by Crippen LogP contribution is 2.14. The Kier molecular flexibility index (Phi) is 7.79. The van der Waals surface area contributed by atoms with Crippen molar-refractivity contribution in [2.75, 3.05) is 26.7 Å². The molecule has 0 radical (unpaired) electrons. The number of hydrogen-bond acceptors (Lipinski definition) is 4. The van der Waals surface area contributed by atoms with Crippen molar-refractivity contribution in [3.63, 3.8) is 0 Å². The van der Waals surface area contributed by atoms with Crippen molar-refractivity contribution in [2.24, 2.45) is 0 Å². The van der Waals surface area contributed by atoms with E-state index >= 15 is 0 Å². The van der Waals surface area contributed by atoms with Crippen LogP contribution in [0.2, 0.25) is 5.02 Å². The maximum Gasteiger partial charge on any atom is 0.306 e. The van der Waals surface area contributed by atoms with Crippen molar-refractivity contribution in [3.8, 4) is 0 Å². The summed E-state index contributed by atoms with van der Waals surface area (Å²) in [6.07, 6.45) is 0.280. The Morgan fingerprint density at radius 1 is 1.33 bits per heavy atom. The summed E-state index contributed by atoms with van der Waals surface area (Å²) in [6.45, 7) is 3.78. The van der Waals surface area contributed by atoms with Crippen molar-refractivity contribution >= 4 is 23.5 Å². The maximum absolute atomic E-state index is 11.9. The van der Waals surface area contributed by atoms with Gasteiger partial charge in [0, 0.05) is 18.1 Å². The van der Waals surface area contributed by atoms with Crippen molar-refractivity contribution < 1.29 is 14.3 Å². The summed E-state index contributed by atoms with van der Waals surface area (Å²) >= 11 is 6.03. The topological polar surface area (TPSA) is 58.6 Å². The monoisotopic (exact) mass is 312 g/mol. The number of hydrogen-bond donors (Lipinski definition) is 1. The molecule has 0 aliphatic heterocycles. The molecule has 0 saturated carbocycles. The van der Waals surface area contributed by atoms with Crippen LogP contribution in [0.15, 0.2) is 24.3 Å². The summed E-state index contributed by atoms with van der Waals surface area (Å²) in [5, 5.41) is 3.46. The molecule has 1 amide bonds. The lowest BCUT2D eigenvalue weighted by molar-refractivity contribution is -0.141. The van der Waals surface area contributed by atoms with E-state index in [-0.39, 0.29) is 24.8 Å². The third-order valence-corrected chi connectivity index (χ3v) is 3.48. The molecular weight excluding hydrogens is 292 g/mol. The lowest BCUT2D eigenvalue weighted by atomic mass is 10.2. The van der Waals surface area contributed by atoms with E-state index in [1.807, 2.05) is 30.0 Å². The van der Waals surface area contributed by atoms with Crippen LogP contribution >= 0.6 is 11.6 Å². The predicted octanol–water partition coefficient (Wildman–Crippen LogP) is 1.84. The molecule has 0 unspecified atom stereocenters. The van der Waals surface area contributed by atoms with E-state index in [0.717, 1.165) is 5.56 Å². The number of likely N-dealkylation sites (N-methyl/N-ethyl adjacent to an activating group) is 1. The molecule has 0 saturated heterocycles. The molecule has 6 heteroatoms. The average Bonchev–Trinajstić information content (AvgIpc) is 2.50. The second-order valence-electron chi connectivity index (χ2n) is 4.56. The maximum atomic E-state index is 11.9. The standard InChI is InChI=1S/C15H21ClN2O3/c1-3-18(9-8-15(20)21-2)11-14(19)17-10-12-6-4-5-7-13(12)16/h4-7H,3,8-11H2,1-2H3,(H,17,19). The zero-order valence-corrected chi connectivity index (χ0v) is 13.2. The molecule has 1 rings (SSSR count). The second kappa shape index (κ2) is 9.37. The van der Waals surface area contributed by atoms with Crippen LogP contribution in [0.3, 0.4) is 0 Å². The Morgan fingerprint density at radius 3 is 2.67 bits per heavy atom. The van der Waals surface area contributed by atoms with E-state index in [2.05, 4.69) is 10.1 Å². The molecule has 0 aliphatic rings. The van der Waals surface area contributed by atoms with Gasteiger partial charge in [-0.2, -0.15) is 0 Å². The molecule has 1 N–H and O–H groups in total. The summed E-state index contributed by atoms with van der Waals surface area (Å²) in [5.74, 6) is -0.369. The normalized spacial score (nSPS) is 10.5. The summed E-state index contributed by atoms with van der Waals surface area (Å²) in [5.41, 5.74) is 0.880. The number of benzene rings is 1. The molecule has 0 bridgehead atoms. The first kappa shape index (κ1) is 17.5. The van der Waals surface area contributed by atoms with Gasteiger partial charge in [0.05, 0.1) is 20.1 Å². The van der Waals surface area contributed by atoms with Crippen molar-refractivity contribution in [1.29, 1.82) is 0 Å². The smallest absolute Gasteiger partial charge is 0.306 e. The Labute approximate surface area is 130 Å². The van der Waals surface area contributed by atoms with Crippen molar-refractivity contribution in [3.05, 3.63) is 34.9 Å². The number of rotatable bonds is 8. The van der Waals surface area contributed by atoms with Gasteiger partial charge in [-0.1, -0.05) is 36.7 Å². The van der Waals surface area contributed by atoms with Crippen LogP contribution in [-0.4, -0.2) is 43.5 Å². The fourth-order valence-electron chi connectivity index (χ4n) is 1.79. The molecule has 1 aromatic rings.